The summed E-state index contributed by atoms with van der Waals surface area (Å²) in [4.78, 5) is 0. The van der Waals surface area contributed by atoms with Crippen LogP contribution in [0.1, 0.15) is 27.7 Å². The van der Waals surface area contributed by atoms with Gasteiger partial charge in [0.05, 0.1) is 0 Å². The monoisotopic (exact) mass is 167 g/mol. The van der Waals surface area contributed by atoms with Gasteiger partial charge in [0.25, 0.3) is 6.15 Å². The van der Waals surface area contributed by atoms with Crippen LogP contribution in [0.5, 0.6) is 0 Å². The fraction of sp³-hybridized carbons (Fsp3) is 0.333. The first-order chi connectivity index (χ1) is 6.24. The highest BCUT2D eigenvalue weighted by Gasteiger charge is 2.11. The van der Waals surface area contributed by atoms with Gasteiger partial charge in [-0.05, 0) is 27.7 Å². The molecule has 0 rings (SSSR count). The van der Waals surface area contributed by atoms with Crippen LogP contribution in [-0.4, -0.2) is 6.15 Å². The van der Waals surface area contributed by atoms with Gasteiger partial charge >= 0.3 is 0 Å². The van der Waals surface area contributed by atoms with Crippen LogP contribution < -0.4 is 0 Å². The maximum atomic E-state index is 2.99. The molecule has 0 nitrogen and oxygen atoms in total. The third-order valence-electron chi connectivity index (χ3n) is 1.44. The second kappa shape index (κ2) is 5.89. The third kappa shape index (κ3) is 3.47. The highest BCUT2D eigenvalue weighted by Crippen LogP contribution is 1.96. The molecule has 0 atom stereocenters. The van der Waals surface area contributed by atoms with Crippen molar-refractivity contribution in [3.63, 3.8) is 0 Å². The lowest BCUT2D eigenvalue weighted by Gasteiger charge is -2.14. The van der Waals surface area contributed by atoms with Gasteiger partial charge < -0.3 is 0 Å². The third-order valence-corrected chi connectivity index (χ3v) is 1.44. The molecule has 0 saturated carbocycles. The van der Waals surface area contributed by atoms with E-state index in [1.807, 2.05) is 0 Å². The molecule has 13 heavy (non-hydrogen) atoms. The molecule has 0 unspecified atom stereocenters. The molecule has 64 valence electrons. The van der Waals surface area contributed by atoms with E-state index in [0.717, 1.165) is 0 Å². The molecule has 0 radical (unpaired) electrons. The second-order valence-corrected chi connectivity index (χ2v) is 2.44. The van der Waals surface area contributed by atoms with E-state index in [4.69, 9.17) is 0 Å². The van der Waals surface area contributed by atoms with Crippen LogP contribution in [0.15, 0.2) is 0 Å². The maximum Gasteiger partial charge on any atom is 0.270 e. The topological polar surface area (TPSA) is 0 Å². The molecule has 0 N–H and O–H groups in total. The van der Waals surface area contributed by atoms with Gasteiger partial charge in [-0.1, -0.05) is 0 Å². The minimum absolute atomic E-state index is 1.42. The summed E-state index contributed by atoms with van der Waals surface area (Å²) in [6.07, 6.45) is -1.42. The van der Waals surface area contributed by atoms with Crippen LogP contribution in [0.4, 0.5) is 0 Å². The fourth-order valence-electron chi connectivity index (χ4n) is 1.08. The zero-order valence-corrected chi connectivity index (χ0v) is 8.58. The maximum absolute atomic E-state index is 2.99. The summed E-state index contributed by atoms with van der Waals surface area (Å²) in [5.74, 6) is 23.3. The molecular formula is C12H12B-. The zero-order chi connectivity index (χ0) is 10.2. The van der Waals surface area contributed by atoms with Gasteiger partial charge in [-0.3, -0.25) is 23.3 Å². The summed E-state index contributed by atoms with van der Waals surface area (Å²) in [6, 6.07) is 0. The quantitative estimate of drug-likeness (QED) is 0.380. The lowest BCUT2D eigenvalue weighted by atomic mass is 9.27. The van der Waals surface area contributed by atoms with Gasteiger partial charge in [0.1, 0.15) is 0 Å². The van der Waals surface area contributed by atoms with Crippen LogP contribution >= 0.6 is 0 Å². The molecule has 0 saturated heterocycles. The van der Waals surface area contributed by atoms with Crippen molar-refractivity contribution in [3.05, 3.63) is 0 Å². The van der Waals surface area contributed by atoms with Crippen LogP contribution in [0, 0.1) is 47.0 Å². The van der Waals surface area contributed by atoms with E-state index in [2.05, 4.69) is 47.0 Å². The van der Waals surface area contributed by atoms with Gasteiger partial charge in [0, 0.05) is 0 Å². The van der Waals surface area contributed by atoms with Crippen molar-refractivity contribution >= 4 is 6.15 Å². The normalized spacial score (nSPS) is 7.08. The van der Waals surface area contributed by atoms with E-state index in [9.17, 15) is 0 Å². The van der Waals surface area contributed by atoms with Crippen molar-refractivity contribution in [3.8, 4) is 47.0 Å². The van der Waals surface area contributed by atoms with Crippen molar-refractivity contribution in [2.75, 3.05) is 0 Å². The first-order valence-corrected chi connectivity index (χ1v) is 4.15. The smallest absolute Gasteiger partial charge is 0.270 e. The summed E-state index contributed by atoms with van der Waals surface area (Å²) in [5, 5.41) is 0. The Balaban J connectivity index is 5.39. The van der Waals surface area contributed by atoms with Gasteiger partial charge in [0.15, 0.2) is 0 Å². The molecule has 0 aromatic heterocycles. The van der Waals surface area contributed by atoms with Crippen LogP contribution in [-0.2, 0) is 0 Å². The lowest BCUT2D eigenvalue weighted by Crippen LogP contribution is -2.28. The van der Waals surface area contributed by atoms with Crippen molar-refractivity contribution in [2.45, 2.75) is 27.7 Å². The Morgan fingerprint density at radius 3 is 0.923 bits per heavy atom. The molecule has 0 aliphatic rings. The first kappa shape index (κ1) is 11.3. The Morgan fingerprint density at radius 1 is 0.538 bits per heavy atom. The van der Waals surface area contributed by atoms with Crippen LogP contribution in [0.25, 0.3) is 0 Å². The summed E-state index contributed by atoms with van der Waals surface area (Å²) in [7, 11) is 0. The molecule has 0 bridgehead atoms. The van der Waals surface area contributed by atoms with Gasteiger partial charge in [-0.15, -0.1) is 0 Å². The van der Waals surface area contributed by atoms with E-state index in [1.165, 1.54) is 0 Å². The molecule has 0 spiro atoms. The molecule has 0 aliphatic carbocycles. The van der Waals surface area contributed by atoms with Crippen molar-refractivity contribution in [1.82, 2.24) is 0 Å². The minimum Gasteiger partial charge on any atom is -0.270 e. The Kier molecular flexibility index (Phi) is 5.12. The molecule has 1 heteroatoms. The van der Waals surface area contributed by atoms with Crippen molar-refractivity contribution in [1.29, 1.82) is 0 Å². The SMILES string of the molecule is CC#C[B-](C#CC)(C#CC)C#CC. The highest BCUT2D eigenvalue weighted by atomic mass is 13.7. The van der Waals surface area contributed by atoms with Gasteiger partial charge in [-0.2, -0.15) is 23.7 Å². The van der Waals surface area contributed by atoms with Gasteiger partial charge in [0.2, 0.25) is 0 Å². The van der Waals surface area contributed by atoms with E-state index >= 15 is 0 Å². The summed E-state index contributed by atoms with van der Waals surface area (Å²) >= 11 is 0. The molecule has 0 heterocycles. The number of hydrogen-bond donors (Lipinski definition) is 0. The van der Waals surface area contributed by atoms with E-state index < -0.39 is 6.15 Å². The average molecular weight is 167 g/mol. The van der Waals surface area contributed by atoms with Crippen LogP contribution in [0.2, 0.25) is 0 Å². The average Bonchev–Trinajstić information content (AvgIpc) is 2.06. The first-order valence-electron chi connectivity index (χ1n) is 4.15. The molecule has 0 aliphatic heterocycles. The summed E-state index contributed by atoms with van der Waals surface area (Å²) in [6.45, 7) is 7.12. The Morgan fingerprint density at radius 2 is 0.769 bits per heavy atom. The Hall–Kier alpha value is -1.70. The molecule has 0 amide bonds. The van der Waals surface area contributed by atoms with E-state index in [1.54, 1.807) is 27.7 Å². The second-order valence-electron chi connectivity index (χ2n) is 2.44. The number of rotatable bonds is 0. The summed E-state index contributed by atoms with van der Waals surface area (Å²) in [5.41, 5.74) is 0. The molecule has 0 aromatic carbocycles. The van der Waals surface area contributed by atoms with Crippen molar-refractivity contribution < 1.29 is 0 Å². The zero-order valence-electron chi connectivity index (χ0n) is 8.58. The number of hydrogen-bond acceptors (Lipinski definition) is 0. The van der Waals surface area contributed by atoms with Crippen molar-refractivity contribution in [2.24, 2.45) is 0 Å². The lowest BCUT2D eigenvalue weighted by molar-refractivity contribution is 1.90. The predicted octanol–water partition coefficient (Wildman–Crippen LogP) is 1.69. The molecular weight excluding hydrogens is 155 g/mol. The van der Waals surface area contributed by atoms with Gasteiger partial charge in [-0.25, -0.2) is 0 Å². The predicted molar refractivity (Wildman–Crippen MR) is 59.6 cm³/mol. The standard InChI is InChI=1S/C12H12B/c1-5-9-13(10-6-2,11-7-3)12-8-4/h1-4H3/q-1. The summed E-state index contributed by atoms with van der Waals surface area (Å²) < 4.78 is 0. The highest BCUT2D eigenvalue weighted by molar-refractivity contribution is 7.06. The van der Waals surface area contributed by atoms with E-state index in [-0.39, 0.29) is 0 Å². The van der Waals surface area contributed by atoms with E-state index in [0.29, 0.717) is 0 Å². The fourth-order valence-corrected chi connectivity index (χ4v) is 1.08. The Bertz CT molecular complexity index is 313. The largest absolute Gasteiger partial charge is 0.270 e. The molecule has 0 aromatic rings. The van der Waals surface area contributed by atoms with Crippen LogP contribution in [0.3, 0.4) is 0 Å². The Labute approximate surface area is 81.4 Å². The molecule has 0 fully saturated rings. The minimum atomic E-state index is -1.42.